The molecule has 1 N–H and O–H groups in total. The average Bonchev–Trinajstić information content (AvgIpc) is 2.24. The maximum absolute atomic E-state index is 10.6. The van der Waals surface area contributed by atoms with Crippen molar-refractivity contribution in [3.05, 3.63) is 23.8 Å². The van der Waals surface area contributed by atoms with Crippen molar-refractivity contribution in [2.24, 2.45) is 0 Å². The van der Waals surface area contributed by atoms with Crippen LogP contribution in [-0.4, -0.2) is 26.5 Å². The minimum absolute atomic E-state index is 0.124. The zero-order valence-electron chi connectivity index (χ0n) is 11.3. The van der Waals surface area contributed by atoms with E-state index in [1.165, 1.54) is 0 Å². The number of carboxylic acid groups (broad SMARTS) is 1. The zero-order chi connectivity index (χ0) is 13.8. The van der Waals surface area contributed by atoms with E-state index in [-0.39, 0.29) is 6.42 Å². The fourth-order valence-corrected chi connectivity index (χ4v) is 2.36. The Kier molecular flexibility index (Phi) is 4.78. The van der Waals surface area contributed by atoms with Crippen molar-refractivity contribution >= 4 is 14.3 Å². The van der Waals surface area contributed by atoms with E-state index < -0.39 is 14.3 Å². The summed E-state index contributed by atoms with van der Waals surface area (Å²) < 4.78 is 11.2. The molecular formula is C13H20O4Si. The van der Waals surface area contributed by atoms with Crippen LogP contribution in [0.2, 0.25) is 19.6 Å². The predicted octanol–water partition coefficient (Wildman–Crippen LogP) is 2.93. The SMILES string of the molecule is COc1ccc(CCC(=O)O)cc1O[Si](C)(C)C. The summed E-state index contributed by atoms with van der Waals surface area (Å²) in [4.78, 5) is 10.6. The first kappa shape index (κ1) is 14.6. The summed E-state index contributed by atoms with van der Waals surface area (Å²) in [5.74, 6) is 0.606. The van der Waals surface area contributed by atoms with Gasteiger partial charge in [-0.05, 0) is 43.8 Å². The van der Waals surface area contributed by atoms with Crippen LogP contribution < -0.4 is 9.16 Å². The molecule has 0 unspecified atom stereocenters. The van der Waals surface area contributed by atoms with Gasteiger partial charge in [0, 0.05) is 6.42 Å². The highest BCUT2D eigenvalue weighted by molar-refractivity contribution is 6.70. The minimum Gasteiger partial charge on any atom is -0.542 e. The minimum atomic E-state index is -1.71. The normalized spacial score (nSPS) is 11.1. The van der Waals surface area contributed by atoms with Crippen LogP contribution >= 0.6 is 0 Å². The van der Waals surface area contributed by atoms with Crippen molar-refractivity contribution in [2.45, 2.75) is 32.5 Å². The Balaban J connectivity index is 2.91. The van der Waals surface area contributed by atoms with Crippen LogP contribution in [0.15, 0.2) is 18.2 Å². The molecule has 0 radical (unpaired) electrons. The molecule has 0 heterocycles. The molecule has 4 nitrogen and oxygen atoms in total. The summed E-state index contributed by atoms with van der Waals surface area (Å²) in [7, 11) is -0.109. The summed E-state index contributed by atoms with van der Waals surface area (Å²) in [6.07, 6.45) is 0.625. The first-order chi connectivity index (χ1) is 8.31. The van der Waals surface area contributed by atoms with E-state index in [0.29, 0.717) is 17.9 Å². The quantitative estimate of drug-likeness (QED) is 0.806. The summed E-state index contributed by atoms with van der Waals surface area (Å²) >= 11 is 0. The van der Waals surface area contributed by atoms with E-state index in [0.717, 1.165) is 5.56 Å². The zero-order valence-corrected chi connectivity index (χ0v) is 12.3. The molecule has 0 aliphatic heterocycles. The Labute approximate surface area is 109 Å². The van der Waals surface area contributed by atoms with E-state index in [4.69, 9.17) is 14.3 Å². The van der Waals surface area contributed by atoms with Gasteiger partial charge in [-0.15, -0.1) is 0 Å². The fraction of sp³-hybridized carbons (Fsp3) is 0.462. The van der Waals surface area contributed by atoms with Crippen LogP contribution in [0, 0.1) is 0 Å². The summed E-state index contributed by atoms with van der Waals surface area (Å²) in [6, 6.07) is 5.57. The maximum atomic E-state index is 10.6. The van der Waals surface area contributed by atoms with Gasteiger partial charge in [0.1, 0.15) is 5.75 Å². The van der Waals surface area contributed by atoms with E-state index in [1.54, 1.807) is 7.11 Å². The lowest BCUT2D eigenvalue weighted by Gasteiger charge is -2.21. The van der Waals surface area contributed by atoms with Crippen LogP contribution in [0.1, 0.15) is 12.0 Å². The first-order valence-electron chi connectivity index (χ1n) is 5.89. The second-order valence-electron chi connectivity index (χ2n) is 5.09. The summed E-state index contributed by atoms with van der Waals surface area (Å²) in [5.41, 5.74) is 0.950. The predicted molar refractivity (Wildman–Crippen MR) is 72.9 cm³/mol. The smallest absolute Gasteiger partial charge is 0.303 e. The maximum Gasteiger partial charge on any atom is 0.303 e. The summed E-state index contributed by atoms with van der Waals surface area (Å²) in [6.45, 7) is 6.28. The van der Waals surface area contributed by atoms with Crippen molar-refractivity contribution in [1.82, 2.24) is 0 Å². The monoisotopic (exact) mass is 268 g/mol. The molecule has 0 amide bonds. The van der Waals surface area contributed by atoms with Gasteiger partial charge >= 0.3 is 5.97 Å². The number of carboxylic acids is 1. The van der Waals surface area contributed by atoms with E-state index in [2.05, 4.69) is 19.6 Å². The second-order valence-corrected chi connectivity index (χ2v) is 9.52. The molecule has 18 heavy (non-hydrogen) atoms. The Bertz CT molecular complexity index is 423. The topological polar surface area (TPSA) is 55.8 Å². The number of aliphatic carboxylic acids is 1. The third-order valence-electron chi connectivity index (χ3n) is 2.27. The van der Waals surface area contributed by atoms with Crippen LogP contribution in [0.3, 0.4) is 0 Å². The third-order valence-corrected chi connectivity index (χ3v) is 3.10. The molecule has 0 saturated heterocycles. The van der Waals surface area contributed by atoms with Gasteiger partial charge in [-0.3, -0.25) is 4.79 Å². The van der Waals surface area contributed by atoms with Crippen LogP contribution in [-0.2, 0) is 11.2 Å². The van der Waals surface area contributed by atoms with E-state index >= 15 is 0 Å². The lowest BCUT2D eigenvalue weighted by molar-refractivity contribution is -0.136. The highest BCUT2D eigenvalue weighted by atomic mass is 28.4. The Morgan fingerprint density at radius 1 is 1.28 bits per heavy atom. The lowest BCUT2D eigenvalue weighted by Crippen LogP contribution is -2.29. The molecule has 0 atom stereocenters. The van der Waals surface area contributed by atoms with Gasteiger partial charge in [-0.2, -0.15) is 0 Å². The highest BCUT2D eigenvalue weighted by Gasteiger charge is 2.19. The van der Waals surface area contributed by atoms with Gasteiger partial charge in [0.25, 0.3) is 0 Å². The van der Waals surface area contributed by atoms with Crippen LogP contribution in [0.25, 0.3) is 0 Å². The van der Waals surface area contributed by atoms with Crippen molar-refractivity contribution in [1.29, 1.82) is 0 Å². The molecule has 1 rings (SSSR count). The van der Waals surface area contributed by atoms with Gasteiger partial charge < -0.3 is 14.3 Å². The summed E-state index contributed by atoms with van der Waals surface area (Å²) in [5, 5.41) is 8.68. The molecular weight excluding hydrogens is 248 g/mol. The number of ether oxygens (including phenoxy) is 1. The Morgan fingerprint density at radius 3 is 2.44 bits per heavy atom. The molecule has 100 valence electrons. The molecule has 1 aromatic carbocycles. The third kappa shape index (κ3) is 4.79. The van der Waals surface area contributed by atoms with E-state index in [1.807, 2.05) is 18.2 Å². The Hall–Kier alpha value is -1.49. The lowest BCUT2D eigenvalue weighted by atomic mass is 10.1. The average molecular weight is 268 g/mol. The van der Waals surface area contributed by atoms with Crippen molar-refractivity contribution in [2.75, 3.05) is 7.11 Å². The van der Waals surface area contributed by atoms with Gasteiger partial charge in [0.05, 0.1) is 7.11 Å². The van der Waals surface area contributed by atoms with Gasteiger partial charge in [0.2, 0.25) is 8.32 Å². The number of carbonyl (C=O) groups is 1. The first-order valence-corrected chi connectivity index (χ1v) is 9.30. The van der Waals surface area contributed by atoms with Crippen LogP contribution in [0.5, 0.6) is 11.5 Å². The molecule has 0 bridgehead atoms. The van der Waals surface area contributed by atoms with Crippen molar-refractivity contribution < 1.29 is 19.1 Å². The molecule has 0 spiro atoms. The van der Waals surface area contributed by atoms with Crippen molar-refractivity contribution in [3.63, 3.8) is 0 Å². The highest BCUT2D eigenvalue weighted by Crippen LogP contribution is 2.30. The number of aryl methyl sites for hydroxylation is 1. The fourth-order valence-electron chi connectivity index (χ4n) is 1.54. The molecule has 1 aromatic rings. The molecule has 0 aliphatic carbocycles. The molecule has 0 aromatic heterocycles. The van der Waals surface area contributed by atoms with Gasteiger partial charge in [-0.1, -0.05) is 6.07 Å². The number of methoxy groups -OCH3 is 1. The molecule has 0 aliphatic rings. The van der Waals surface area contributed by atoms with E-state index in [9.17, 15) is 4.79 Å². The second kappa shape index (κ2) is 5.91. The molecule has 5 heteroatoms. The number of hydrogen-bond acceptors (Lipinski definition) is 3. The van der Waals surface area contributed by atoms with Gasteiger partial charge in [-0.25, -0.2) is 0 Å². The van der Waals surface area contributed by atoms with Gasteiger partial charge in [0.15, 0.2) is 5.75 Å². The van der Waals surface area contributed by atoms with Crippen molar-refractivity contribution in [3.8, 4) is 11.5 Å². The number of hydrogen-bond donors (Lipinski definition) is 1. The number of rotatable bonds is 6. The molecule has 0 fully saturated rings. The Morgan fingerprint density at radius 2 is 1.94 bits per heavy atom. The standard InChI is InChI=1S/C13H20O4Si/c1-16-11-7-5-10(6-8-13(14)15)9-12(11)17-18(2,3)4/h5,7,9H,6,8H2,1-4H3,(H,14,15). The largest absolute Gasteiger partial charge is 0.542 e. The van der Waals surface area contributed by atoms with Crippen LogP contribution in [0.4, 0.5) is 0 Å². The number of benzene rings is 1. The molecule has 0 saturated carbocycles.